The number of nitrogens with one attached hydrogen (secondary N) is 1. The van der Waals surface area contributed by atoms with Gasteiger partial charge in [-0.3, -0.25) is 4.57 Å². The molecule has 2 N–H and O–H groups in total. The van der Waals surface area contributed by atoms with Crippen LogP contribution < -0.4 is 5.32 Å². The van der Waals surface area contributed by atoms with E-state index < -0.39 is 19.3 Å². The van der Waals surface area contributed by atoms with Gasteiger partial charge in [-0.05, 0) is 32.3 Å². The second-order valence-corrected chi connectivity index (χ2v) is 8.41. The van der Waals surface area contributed by atoms with Gasteiger partial charge in [-0.2, -0.15) is 0 Å². The van der Waals surface area contributed by atoms with E-state index in [1.807, 2.05) is 30.3 Å². The minimum atomic E-state index is -3.11. The number of carbonyl (C=O) groups is 1. The van der Waals surface area contributed by atoms with Crippen LogP contribution in [0.25, 0.3) is 0 Å². The summed E-state index contributed by atoms with van der Waals surface area (Å²) in [6.07, 6.45) is 0.511. The summed E-state index contributed by atoms with van der Waals surface area (Å²) in [5, 5.41) is 12.6. The number of rotatable bonds is 10. The standard InChI is InChI=1S/C17H28NO5P/c1-4-16(19)24(21,23-5-2)12-11-14(3)18-17(20)22-13-15-9-7-6-8-10-15/h6-10,14,16,19H,4-5,11-13H2,1-3H3,(H,18,20). The summed E-state index contributed by atoms with van der Waals surface area (Å²) < 4.78 is 23.1. The monoisotopic (exact) mass is 357 g/mol. The van der Waals surface area contributed by atoms with E-state index in [0.29, 0.717) is 12.8 Å². The number of carbonyl (C=O) groups excluding carboxylic acids is 1. The Hall–Kier alpha value is -1.36. The van der Waals surface area contributed by atoms with Crippen molar-refractivity contribution in [1.82, 2.24) is 5.32 Å². The van der Waals surface area contributed by atoms with Crippen LogP contribution in [-0.2, 0) is 20.4 Å². The van der Waals surface area contributed by atoms with Crippen LogP contribution in [0.15, 0.2) is 30.3 Å². The maximum Gasteiger partial charge on any atom is 0.407 e. The van der Waals surface area contributed by atoms with E-state index in [1.165, 1.54) is 0 Å². The van der Waals surface area contributed by atoms with Crippen molar-refractivity contribution < 1.29 is 23.7 Å². The van der Waals surface area contributed by atoms with Crippen molar-refractivity contribution in [3.8, 4) is 0 Å². The van der Waals surface area contributed by atoms with Crippen molar-refractivity contribution in [3.05, 3.63) is 35.9 Å². The highest BCUT2D eigenvalue weighted by molar-refractivity contribution is 7.59. The molecule has 3 atom stereocenters. The molecule has 1 amide bonds. The summed E-state index contributed by atoms with van der Waals surface area (Å²) >= 11 is 0. The van der Waals surface area contributed by atoms with Crippen LogP contribution in [0.4, 0.5) is 4.79 Å². The number of hydrogen-bond donors (Lipinski definition) is 2. The number of alkyl carbamates (subject to hydrolysis) is 1. The fourth-order valence-corrected chi connectivity index (χ4v) is 4.55. The van der Waals surface area contributed by atoms with E-state index in [-0.39, 0.29) is 25.4 Å². The van der Waals surface area contributed by atoms with E-state index in [1.54, 1.807) is 20.8 Å². The van der Waals surface area contributed by atoms with Gasteiger partial charge in [-0.25, -0.2) is 4.79 Å². The third kappa shape index (κ3) is 7.04. The van der Waals surface area contributed by atoms with Crippen LogP contribution in [0.3, 0.4) is 0 Å². The largest absolute Gasteiger partial charge is 0.445 e. The average Bonchev–Trinajstić information content (AvgIpc) is 2.58. The van der Waals surface area contributed by atoms with Crippen molar-refractivity contribution in [2.75, 3.05) is 12.8 Å². The Balaban J connectivity index is 2.40. The molecule has 0 radical (unpaired) electrons. The first-order valence-electron chi connectivity index (χ1n) is 8.29. The average molecular weight is 357 g/mol. The predicted molar refractivity (Wildman–Crippen MR) is 94.2 cm³/mol. The van der Waals surface area contributed by atoms with Crippen LogP contribution in [0, 0.1) is 0 Å². The number of hydrogen-bond acceptors (Lipinski definition) is 5. The lowest BCUT2D eigenvalue weighted by Crippen LogP contribution is -2.34. The Morgan fingerprint density at radius 3 is 2.54 bits per heavy atom. The lowest BCUT2D eigenvalue weighted by Gasteiger charge is -2.24. The molecule has 3 unspecified atom stereocenters. The summed E-state index contributed by atoms with van der Waals surface area (Å²) in [5.41, 5.74) is 0.909. The molecule has 136 valence electrons. The highest BCUT2D eigenvalue weighted by Crippen LogP contribution is 2.52. The summed E-state index contributed by atoms with van der Waals surface area (Å²) in [4.78, 5) is 11.8. The number of amides is 1. The van der Waals surface area contributed by atoms with Crippen LogP contribution in [0.5, 0.6) is 0 Å². The molecule has 0 saturated carbocycles. The van der Waals surface area contributed by atoms with Crippen molar-refractivity contribution in [2.24, 2.45) is 0 Å². The molecule has 6 nitrogen and oxygen atoms in total. The summed E-state index contributed by atoms with van der Waals surface area (Å²) in [6.45, 7) is 5.80. The van der Waals surface area contributed by atoms with Gasteiger partial charge in [0.1, 0.15) is 12.5 Å². The number of aliphatic hydroxyl groups is 1. The lowest BCUT2D eigenvalue weighted by molar-refractivity contribution is 0.136. The summed E-state index contributed by atoms with van der Waals surface area (Å²) in [7, 11) is -3.11. The Morgan fingerprint density at radius 1 is 1.29 bits per heavy atom. The van der Waals surface area contributed by atoms with Gasteiger partial charge in [0.15, 0.2) is 0 Å². The molecule has 1 rings (SSSR count). The van der Waals surface area contributed by atoms with Crippen LogP contribution >= 0.6 is 7.37 Å². The third-order valence-corrected chi connectivity index (χ3v) is 6.47. The zero-order valence-electron chi connectivity index (χ0n) is 14.6. The minimum Gasteiger partial charge on any atom is -0.445 e. The zero-order valence-corrected chi connectivity index (χ0v) is 15.5. The zero-order chi connectivity index (χ0) is 18.0. The Bertz CT molecular complexity index is 537. The highest BCUT2D eigenvalue weighted by atomic mass is 31.2. The molecule has 0 bridgehead atoms. The highest BCUT2D eigenvalue weighted by Gasteiger charge is 2.31. The smallest absolute Gasteiger partial charge is 0.407 e. The van der Waals surface area contributed by atoms with Gasteiger partial charge in [0.05, 0.1) is 6.61 Å². The first kappa shape index (κ1) is 20.7. The molecular weight excluding hydrogens is 329 g/mol. The molecule has 1 aromatic carbocycles. The van der Waals surface area contributed by atoms with Crippen molar-refractivity contribution in [1.29, 1.82) is 0 Å². The van der Waals surface area contributed by atoms with Crippen molar-refractivity contribution in [2.45, 2.75) is 52.1 Å². The van der Waals surface area contributed by atoms with Gasteiger partial charge in [0, 0.05) is 12.2 Å². The normalized spacial score (nSPS) is 16.0. The molecule has 0 heterocycles. The minimum absolute atomic E-state index is 0.200. The predicted octanol–water partition coefficient (Wildman–Crippen LogP) is 3.73. The molecular formula is C17H28NO5P. The Kier molecular flexibility index (Phi) is 9.04. The van der Waals surface area contributed by atoms with Gasteiger partial charge in [0.2, 0.25) is 7.37 Å². The van der Waals surface area contributed by atoms with E-state index in [4.69, 9.17) is 9.26 Å². The second-order valence-electron chi connectivity index (χ2n) is 5.65. The van der Waals surface area contributed by atoms with Gasteiger partial charge in [0.25, 0.3) is 0 Å². The third-order valence-electron chi connectivity index (χ3n) is 3.62. The van der Waals surface area contributed by atoms with Gasteiger partial charge in [-0.1, -0.05) is 37.3 Å². The van der Waals surface area contributed by atoms with E-state index in [9.17, 15) is 14.5 Å². The lowest BCUT2D eigenvalue weighted by atomic mass is 10.2. The molecule has 24 heavy (non-hydrogen) atoms. The van der Waals surface area contributed by atoms with Crippen LogP contribution in [0.1, 0.15) is 39.2 Å². The first-order chi connectivity index (χ1) is 11.4. The van der Waals surface area contributed by atoms with Crippen molar-refractivity contribution in [3.63, 3.8) is 0 Å². The molecule has 0 fully saturated rings. The summed E-state index contributed by atoms with van der Waals surface area (Å²) in [5.74, 6) is -0.963. The van der Waals surface area contributed by atoms with Gasteiger partial charge >= 0.3 is 6.09 Å². The Labute approximate surface area is 144 Å². The number of benzene rings is 1. The van der Waals surface area contributed by atoms with Crippen molar-refractivity contribution >= 4 is 13.5 Å². The maximum atomic E-state index is 12.6. The van der Waals surface area contributed by atoms with E-state index in [0.717, 1.165) is 5.56 Å². The Morgan fingerprint density at radius 2 is 1.96 bits per heavy atom. The van der Waals surface area contributed by atoms with Gasteiger partial charge in [-0.15, -0.1) is 0 Å². The SMILES string of the molecule is CCOP(=O)(CCC(C)NC(=O)OCc1ccccc1)C(O)CC. The quantitative estimate of drug-likeness (QED) is 0.623. The molecule has 0 aliphatic heterocycles. The fraction of sp³-hybridized carbons (Fsp3) is 0.588. The summed E-state index contributed by atoms with van der Waals surface area (Å²) in [6, 6.07) is 9.17. The van der Waals surface area contributed by atoms with E-state index >= 15 is 0 Å². The van der Waals surface area contributed by atoms with E-state index in [2.05, 4.69) is 5.32 Å². The molecule has 0 aliphatic carbocycles. The molecule has 0 aliphatic rings. The molecule has 0 spiro atoms. The number of aliphatic hydroxyl groups excluding tert-OH is 1. The number of ether oxygens (including phenoxy) is 1. The fourth-order valence-electron chi connectivity index (χ4n) is 2.21. The molecule has 0 aromatic heterocycles. The molecule has 1 aromatic rings. The van der Waals surface area contributed by atoms with Crippen LogP contribution in [-0.4, -0.2) is 35.9 Å². The second kappa shape index (κ2) is 10.5. The van der Waals surface area contributed by atoms with Gasteiger partial charge < -0.3 is 19.7 Å². The maximum absolute atomic E-state index is 12.6. The topological polar surface area (TPSA) is 84.9 Å². The molecule has 7 heteroatoms. The van der Waals surface area contributed by atoms with Crippen LogP contribution in [0.2, 0.25) is 0 Å². The molecule has 0 saturated heterocycles. The first-order valence-corrected chi connectivity index (χ1v) is 10.2.